The zero-order valence-corrected chi connectivity index (χ0v) is 23.3. The van der Waals surface area contributed by atoms with Gasteiger partial charge in [-0.25, -0.2) is 13.3 Å². The minimum Gasteiger partial charge on any atom is -0.310 e. The number of rotatable bonds is 5. The van der Waals surface area contributed by atoms with Crippen molar-refractivity contribution in [2.75, 3.05) is 21.1 Å². The monoisotopic (exact) mass is 613 g/mol. The van der Waals surface area contributed by atoms with Crippen LogP contribution in [0.2, 0.25) is 5.02 Å². The molecular weight excluding hydrogens is 594 g/mol. The molecule has 3 aliphatic rings. The topological polar surface area (TPSA) is 104 Å². The van der Waals surface area contributed by atoms with Gasteiger partial charge in [0.05, 0.1) is 22.5 Å². The van der Waals surface area contributed by atoms with Crippen LogP contribution in [0.15, 0.2) is 57.9 Å². The molecule has 1 saturated carbocycles. The first kappa shape index (κ1) is 25.1. The Morgan fingerprint density at radius 3 is 2.47 bits per heavy atom. The Morgan fingerprint density at radius 1 is 1.03 bits per heavy atom. The van der Waals surface area contributed by atoms with E-state index in [2.05, 4.69) is 20.7 Å². The molecule has 1 aliphatic carbocycles. The highest BCUT2D eigenvalue weighted by Gasteiger charge is 2.40. The first-order chi connectivity index (χ1) is 18.0. The van der Waals surface area contributed by atoms with E-state index < -0.39 is 21.8 Å². The van der Waals surface area contributed by atoms with Gasteiger partial charge in [0.15, 0.2) is 0 Å². The van der Waals surface area contributed by atoms with E-state index in [1.54, 1.807) is 24.0 Å². The van der Waals surface area contributed by atoms with Crippen molar-refractivity contribution in [2.45, 2.75) is 31.1 Å². The van der Waals surface area contributed by atoms with Gasteiger partial charge in [0.2, 0.25) is 5.91 Å². The van der Waals surface area contributed by atoms with Gasteiger partial charge < -0.3 is 4.90 Å². The lowest BCUT2D eigenvalue weighted by molar-refractivity contribution is -0.119. The summed E-state index contributed by atoms with van der Waals surface area (Å²) in [5.41, 5.74) is 2.84. The van der Waals surface area contributed by atoms with Crippen molar-refractivity contribution in [3.05, 3.63) is 80.3 Å². The second-order valence-electron chi connectivity index (χ2n) is 9.67. The van der Waals surface area contributed by atoms with E-state index in [1.807, 2.05) is 6.07 Å². The second kappa shape index (κ2) is 8.93. The Kier molecular flexibility index (Phi) is 5.89. The number of imide groups is 1. The van der Waals surface area contributed by atoms with Gasteiger partial charge in [-0.1, -0.05) is 27.5 Å². The highest BCUT2D eigenvalue weighted by molar-refractivity contribution is 9.10. The van der Waals surface area contributed by atoms with Crippen LogP contribution >= 0.6 is 27.5 Å². The molecule has 1 fully saturated rings. The van der Waals surface area contributed by atoms with Crippen molar-refractivity contribution < 1.29 is 22.8 Å². The molecule has 2 heterocycles. The fraction of sp³-hybridized carbons (Fsp3) is 0.222. The van der Waals surface area contributed by atoms with Gasteiger partial charge in [0.1, 0.15) is 4.90 Å². The van der Waals surface area contributed by atoms with E-state index in [9.17, 15) is 22.8 Å². The van der Waals surface area contributed by atoms with Gasteiger partial charge in [0.25, 0.3) is 21.8 Å². The van der Waals surface area contributed by atoms with E-state index in [0.29, 0.717) is 39.4 Å². The van der Waals surface area contributed by atoms with Crippen molar-refractivity contribution in [2.24, 2.45) is 5.92 Å². The summed E-state index contributed by atoms with van der Waals surface area (Å²) >= 11 is 9.42. The zero-order valence-electron chi connectivity index (χ0n) is 20.1. The van der Waals surface area contributed by atoms with E-state index >= 15 is 0 Å². The number of sulfonamides is 1. The molecule has 0 spiro atoms. The summed E-state index contributed by atoms with van der Waals surface area (Å²) in [6.45, 7) is 2.14. The van der Waals surface area contributed by atoms with Gasteiger partial charge in [-0.05, 0) is 85.8 Å². The maximum atomic E-state index is 13.6. The molecule has 0 aromatic heterocycles. The number of hydrogen-bond acceptors (Lipinski definition) is 5. The molecule has 6 rings (SSSR count). The van der Waals surface area contributed by atoms with Crippen LogP contribution in [0, 0.1) is 12.8 Å². The van der Waals surface area contributed by atoms with Gasteiger partial charge >= 0.3 is 0 Å². The third kappa shape index (κ3) is 4.11. The van der Waals surface area contributed by atoms with Gasteiger partial charge in [-0.3, -0.25) is 19.1 Å². The number of carbonyl (C=O) groups is 3. The van der Waals surface area contributed by atoms with Crippen molar-refractivity contribution in [3.63, 3.8) is 0 Å². The zero-order chi connectivity index (χ0) is 26.9. The predicted octanol–water partition coefficient (Wildman–Crippen LogP) is 5.31. The van der Waals surface area contributed by atoms with E-state index in [-0.39, 0.29) is 33.5 Å². The van der Waals surface area contributed by atoms with Crippen LogP contribution in [-0.4, -0.2) is 32.7 Å². The third-order valence-corrected chi connectivity index (χ3v) is 9.10. The van der Waals surface area contributed by atoms with Crippen molar-refractivity contribution >= 4 is 72.3 Å². The Balaban J connectivity index is 1.32. The lowest BCUT2D eigenvalue weighted by atomic mass is 10.1. The standard InChI is InChI=1S/C27H21BrClN3O5S/c1-14-10-19(5-7-22(14)32-26(34)20-6-4-18(29)13-21(20)27(32)35)30-38(36,37)23-12-17(28)11-16-8-9-31(24(16)23)25(33)15-2-3-15/h4-7,10-13,15,30H,2-3,8-9H2,1H3. The van der Waals surface area contributed by atoms with E-state index in [4.69, 9.17) is 11.6 Å². The Labute approximate surface area is 232 Å². The molecule has 38 heavy (non-hydrogen) atoms. The van der Waals surface area contributed by atoms with Crippen LogP contribution in [0.4, 0.5) is 17.1 Å². The summed E-state index contributed by atoms with van der Waals surface area (Å²) in [4.78, 5) is 41.5. The molecule has 0 bridgehead atoms. The van der Waals surface area contributed by atoms with Gasteiger partial charge in [0, 0.05) is 27.6 Å². The number of nitrogens with one attached hydrogen (secondary N) is 1. The normalized spacial score (nSPS) is 16.6. The smallest absolute Gasteiger partial charge is 0.266 e. The summed E-state index contributed by atoms with van der Waals surface area (Å²) in [7, 11) is -4.09. The summed E-state index contributed by atoms with van der Waals surface area (Å²) in [6.07, 6.45) is 2.23. The van der Waals surface area contributed by atoms with Crippen LogP contribution < -0.4 is 14.5 Å². The molecule has 194 valence electrons. The average Bonchev–Trinajstić information content (AvgIpc) is 3.58. The number of halogens is 2. The molecule has 3 aromatic rings. The number of benzene rings is 3. The fourth-order valence-corrected chi connectivity index (χ4v) is 7.21. The molecule has 1 N–H and O–H groups in total. The Hall–Kier alpha value is -3.21. The van der Waals surface area contributed by atoms with Crippen molar-refractivity contribution in [1.29, 1.82) is 0 Å². The largest absolute Gasteiger partial charge is 0.310 e. The minimum atomic E-state index is -4.09. The molecule has 0 saturated heterocycles. The third-order valence-electron chi connectivity index (χ3n) is 7.01. The fourth-order valence-electron chi connectivity index (χ4n) is 5.06. The number of hydrogen-bond donors (Lipinski definition) is 1. The minimum absolute atomic E-state index is 0.0207. The van der Waals surface area contributed by atoms with Crippen LogP contribution in [0.1, 0.15) is 44.7 Å². The summed E-state index contributed by atoms with van der Waals surface area (Å²) in [5.74, 6) is -1.04. The number of aryl methyl sites for hydroxylation is 1. The van der Waals surface area contributed by atoms with Crippen molar-refractivity contribution in [3.8, 4) is 0 Å². The molecule has 3 amide bonds. The number of fused-ring (bicyclic) bond motifs is 2. The lowest BCUT2D eigenvalue weighted by Gasteiger charge is -2.21. The Bertz CT molecular complexity index is 1690. The van der Waals surface area contributed by atoms with E-state index in [1.165, 1.54) is 30.3 Å². The van der Waals surface area contributed by atoms with Crippen LogP contribution in [0.3, 0.4) is 0 Å². The van der Waals surface area contributed by atoms with E-state index in [0.717, 1.165) is 23.3 Å². The molecule has 8 nitrogen and oxygen atoms in total. The summed E-state index contributed by atoms with van der Waals surface area (Å²) in [6, 6.07) is 12.5. The molecule has 0 unspecified atom stereocenters. The number of nitrogens with zero attached hydrogens (tertiary/aromatic N) is 2. The van der Waals surface area contributed by atoms with Crippen LogP contribution in [-0.2, 0) is 21.2 Å². The summed E-state index contributed by atoms with van der Waals surface area (Å²) < 4.78 is 30.4. The SMILES string of the molecule is Cc1cc(NS(=O)(=O)c2cc(Br)cc3c2N(C(=O)C2CC2)CC3)ccc1N1C(=O)c2ccc(Cl)cc2C1=O. The quantitative estimate of drug-likeness (QED) is 0.392. The number of carbonyl (C=O) groups excluding carboxylic acids is 3. The maximum Gasteiger partial charge on any atom is 0.266 e. The average molecular weight is 615 g/mol. The van der Waals surface area contributed by atoms with Crippen LogP contribution in [0.25, 0.3) is 0 Å². The molecule has 2 aliphatic heterocycles. The Morgan fingerprint density at radius 2 is 1.76 bits per heavy atom. The first-order valence-corrected chi connectivity index (χ1v) is 14.7. The predicted molar refractivity (Wildman–Crippen MR) is 148 cm³/mol. The molecule has 0 atom stereocenters. The second-order valence-corrected chi connectivity index (χ2v) is 12.7. The molecule has 3 aromatic carbocycles. The first-order valence-electron chi connectivity index (χ1n) is 12.0. The number of amides is 3. The maximum absolute atomic E-state index is 13.6. The highest BCUT2D eigenvalue weighted by Crippen LogP contribution is 2.42. The number of anilines is 3. The lowest BCUT2D eigenvalue weighted by Crippen LogP contribution is -2.31. The summed E-state index contributed by atoms with van der Waals surface area (Å²) in [5, 5.41) is 0.352. The van der Waals surface area contributed by atoms with Gasteiger partial charge in [-0.2, -0.15) is 0 Å². The van der Waals surface area contributed by atoms with Gasteiger partial charge in [-0.15, -0.1) is 0 Å². The molecular formula is C27H21BrClN3O5S. The molecule has 0 radical (unpaired) electrons. The van der Waals surface area contributed by atoms with Crippen LogP contribution in [0.5, 0.6) is 0 Å². The highest BCUT2D eigenvalue weighted by atomic mass is 79.9. The molecule has 11 heteroatoms. The van der Waals surface area contributed by atoms with Crippen molar-refractivity contribution in [1.82, 2.24) is 0 Å².